The van der Waals surface area contributed by atoms with Crippen molar-refractivity contribution in [3.63, 3.8) is 0 Å². The zero-order chi connectivity index (χ0) is 35.6. The van der Waals surface area contributed by atoms with Crippen molar-refractivity contribution in [2.45, 2.75) is 122 Å². The second-order valence-electron chi connectivity index (χ2n) is 14.6. The van der Waals surface area contributed by atoms with Gasteiger partial charge in [-0.25, -0.2) is 9.59 Å². The average Bonchev–Trinajstić information content (AvgIpc) is 3.69. The number of aliphatic carboxylic acids is 1. The number of nitrogens with one attached hydrogen (secondary N) is 1. The van der Waals surface area contributed by atoms with Crippen molar-refractivity contribution >= 4 is 18.0 Å². The topological polar surface area (TPSA) is 150 Å². The van der Waals surface area contributed by atoms with Crippen LogP contribution >= 0.6 is 0 Å². The SMILES string of the molecule is CO[C@H]([C@@H](C)[C@H]1O[C@]1(C)C[C@H](C)/C=C/C=C(\C)[C@H]1O[C@@H](CC(=O)N[C@H](CCCOC(=O)N2CCN(C)CC2)C(=O)O)CC[C@@H]1C)[C@@H](C)O. The number of methoxy groups -OCH3 is 1. The first-order chi connectivity index (χ1) is 22.6. The van der Waals surface area contributed by atoms with E-state index in [1.807, 2.05) is 14.0 Å². The van der Waals surface area contributed by atoms with Crippen LogP contribution in [0, 0.1) is 17.8 Å². The molecule has 3 saturated heterocycles. The van der Waals surface area contributed by atoms with E-state index >= 15 is 0 Å². The van der Waals surface area contributed by atoms with Crippen LogP contribution in [0.25, 0.3) is 0 Å². The van der Waals surface area contributed by atoms with E-state index in [0.717, 1.165) is 37.9 Å². The summed E-state index contributed by atoms with van der Waals surface area (Å²) < 4.78 is 23.3. The van der Waals surface area contributed by atoms with Gasteiger partial charge in [-0.2, -0.15) is 0 Å². The number of aliphatic hydroxyl groups is 1. The number of piperazine rings is 1. The fourth-order valence-electron chi connectivity index (χ4n) is 7.27. The summed E-state index contributed by atoms with van der Waals surface area (Å²) in [6, 6.07) is -1.06. The molecule has 3 aliphatic heterocycles. The maximum atomic E-state index is 12.9. The average molecular weight is 680 g/mol. The summed E-state index contributed by atoms with van der Waals surface area (Å²) in [6.45, 7) is 15.2. The molecular weight excluding hydrogens is 618 g/mol. The Balaban J connectivity index is 1.42. The van der Waals surface area contributed by atoms with Gasteiger partial charge in [-0.05, 0) is 77.3 Å². The first-order valence-electron chi connectivity index (χ1n) is 17.7. The number of hydrogen-bond acceptors (Lipinski definition) is 9. The molecule has 0 spiro atoms. The summed E-state index contributed by atoms with van der Waals surface area (Å²) in [6.07, 6.45) is 7.73. The molecule has 0 aromatic heterocycles. The molecule has 10 atom stereocenters. The summed E-state index contributed by atoms with van der Waals surface area (Å²) in [5, 5.41) is 22.4. The van der Waals surface area contributed by atoms with Crippen LogP contribution in [0.4, 0.5) is 4.79 Å². The van der Waals surface area contributed by atoms with Gasteiger partial charge in [0.15, 0.2) is 0 Å². The first-order valence-corrected chi connectivity index (χ1v) is 17.7. The molecule has 48 heavy (non-hydrogen) atoms. The third-order valence-electron chi connectivity index (χ3n) is 10.1. The Hall–Kier alpha value is -2.51. The van der Waals surface area contributed by atoms with E-state index in [1.54, 1.807) is 18.9 Å². The van der Waals surface area contributed by atoms with Crippen molar-refractivity contribution in [2.24, 2.45) is 17.8 Å². The molecular formula is C36H61N3O9. The van der Waals surface area contributed by atoms with Crippen molar-refractivity contribution < 1.29 is 43.5 Å². The predicted octanol–water partition coefficient (Wildman–Crippen LogP) is 4.01. The number of epoxide rings is 1. The summed E-state index contributed by atoms with van der Waals surface area (Å²) in [5.74, 6) is -0.835. The number of carbonyl (C=O) groups excluding carboxylic acids is 2. The van der Waals surface area contributed by atoms with E-state index in [2.05, 4.69) is 56.1 Å². The zero-order valence-corrected chi connectivity index (χ0v) is 30.4. The quantitative estimate of drug-likeness (QED) is 0.117. The fourth-order valence-corrected chi connectivity index (χ4v) is 7.27. The standard InChI is InChI=1S/C36H61N3O9/c1-23(22-36(6)33(48-36)26(4)32(45-8)27(5)40)11-9-12-24(2)31-25(3)14-15-28(47-31)21-30(41)37-29(34(42)43)13-10-20-46-35(44)39-18-16-38(7)17-19-39/h9,11-12,23,25-29,31-33,40H,10,13-22H2,1-8H3,(H,37,41)(H,42,43)/b11-9+,24-12+/t23-,25+,26-,27-,28-,29-,31-,32-,33-,36-/m1/s1. The first kappa shape index (κ1) is 39.9. The van der Waals surface area contributed by atoms with Crippen LogP contribution in [0.1, 0.15) is 80.1 Å². The van der Waals surface area contributed by atoms with Gasteiger partial charge in [-0.1, -0.05) is 39.0 Å². The Kier molecular flexibility index (Phi) is 15.4. The van der Waals surface area contributed by atoms with Crippen molar-refractivity contribution in [3.05, 3.63) is 23.8 Å². The minimum absolute atomic E-state index is 0.0403. The van der Waals surface area contributed by atoms with Crippen LogP contribution in [0.15, 0.2) is 23.8 Å². The second-order valence-corrected chi connectivity index (χ2v) is 14.6. The van der Waals surface area contributed by atoms with Gasteiger partial charge in [-0.15, -0.1) is 0 Å². The number of amides is 2. The number of carbonyl (C=O) groups is 3. The molecule has 0 aromatic rings. The van der Waals surface area contributed by atoms with Crippen LogP contribution in [0.3, 0.4) is 0 Å². The lowest BCUT2D eigenvalue weighted by atomic mass is 9.85. The fraction of sp³-hybridized carbons (Fsp3) is 0.806. The van der Waals surface area contributed by atoms with E-state index in [-0.39, 0.29) is 79.2 Å². The zero-order valence-electron chi connectivity index (χ0n) is 30.4. The van der Waals surface area contributed by atoms with E-state index < -0.39 is 18.1 Å². The molecule has 0 unspecified atom stereocenters. The molecule has 0 bridgehead atoms. The van der Waals surface area contributed by atoms with Gasteiger partial charge in [0, 0.05) is 39.2 Å². The number of carboxylic acid groups (broad SMARTS) is 1. The Morgan fingerprint density at radius 1 is 1.12 bits per heavy atom. The third kappa shape index (κ3) is 11.8. The molecule has 2 amide bonds. The highest BCUT2D eigenvalue weighted by Crippen LogP contribution is 2.47. The van der Waals surface area contributed by atoms with Gasteiger partial charge in [0.25, 0.3) is 0 Å². The number of ether oxygens (including phenoxy) is 4. The van der Waals surface area contributed by atoms with Crippen LogP contribution in [0.2, 0.25) is 0 Å². The van der Waals surface area contributed by atoms with E-state index in [0.29, 0.717) is 19.5 Å². The van der Waals surface area contributed by atoms with Crippen molar-refractivity contribution in [3.8, 4) is 0 Å². The molecule has 3 rings (SSSR count). The minimum Gasteiger partial charge on any atom is -0.480 e. The van der Waals surface area contributed by atoms with Gasteiger partial charge >= 0.3 is 12.1 Å². The minimum atomic E-state index is -1.11. The number of allylic oxidation sites excluding steroid dienone is 3. The van der Waals surface area contributed by atoms with E-state index in [4.69, 9.17) is 18.9 Å². The van der Waals surface area contributed by atoms with E-state index in [1.165, 1.54) is 0 Å². The number of rotatable bonds is 17. The van der Waals surface area contributed by atoms with Crippen molar-refractivity contribution in [2.75, 3.05) is 46.9 Å². The van der Waals surface area contributed by atoms with Gasteiger partial charge in [-0.3, -0.25) is 4.79 Å². The molecule has 0 saturated carbocycles. The molecule has 3 N–H and O–H groups in total. The molecule has 0 aliphatic carbocycles. The van der Waals surface area contributed by atoms with Crippen LogP contribution in [-0.4, -0.2) is 127 Å². The predicted molar refractivity (Wildman–Crippen MR) is 182 cm³/mol. The lowest BCUT2D eigenvalue weighted by Crippen LogP contribution is -2.47. The molecule has 0 radical (unpaired) electrons. The molecule has 3 aliphatic rings. The molecule has 12 heteroatoms. The van der Waals surface area contributed by atoms with Crippen LogP contribution < -0.4 is 5.32 Å². The summed E-state index contributed by atoms with van der Waals surface area (Å²) in [4.78, 5) is 40.8. The number of carboxylic acids is 1. The molecule has 3 fully saturated rings. The maximum Gasteiger partial charge on any atom is 0.409 e. The van der Waals surface area contributed by atoms with Gasteiger partial charge in [0.1, 0.15) is 6.04 Å². The summed E-state index contributed by atoms with van der Waals surface area (Å²) >= 11 is 0. The van der Waals surface area contributed by atoms with Crippen LogP contribution in [0.5, 0.6) is 0 Å². The van der Waals surface area contributed by atoms with Crippen molar-refractivity contribution in [1.82, 2.24) is 15.1 Å². The normalized spacial score (nSPS) is 29.9. The van der Waals surface area contributed by atoms with E-state index in [9.17, 15) is 24.6 Å². The van der Waals surface area contributed by atoms with Crippen LogP contribution in [-0.2, 0) is 28.5 Å². The highest BCUT2D eigenvalue weighted by atomic mass is 16.6. The number of nitrogens with zero attached hydrogens (tertiary/aromatic N) is 2. The molecule has 3 heterocycles. The van der Waals surface area contributed by atoms with Gasteiger partial charge < -0.3 is 44.3 Å². The highest BCUT2D eigenvalue weighted by molar-refractivity contribution is 5.83. The monoisotopic (exact) mass is 679 g/mol. The Morgan fingerprint density at radius 2 is 1.81 bits per heavy atom. The highest BCUT2D eigenvalue weighted by Gasteiger charge is 2.56. The Labute approximate surface area is 287 Å². The summed E-state index contributed by atoms with van der Waals surface area (Å²) in [7, 11) is 3.63. The molecule has 0 aromatic carbocycles. The van der Waals surface area contributed by atoms with Gasteiger partial charge in [0.05, 0.1) is 49.1 Å². The smallest absolute Gasteiger partial charge is 0.409 e. The molecule has 12 nitrogen and oxygen atoms in total. The lowest BCUT2D eigenvalue weighted by Gasteiger charge is -2.35. The van der Waals surface area contributed by atoms with Crippen molar-refractivity contribution in [1.29, 1.82) is 0 Å². The summed E-state index contributed by atoms with van der Waals surface area (Å²) in [5.41, 5.74) is 0.824. The number of hydrogen-bond donors (Lipinski definition) is 3. The number of aliphatic hydroxyl groups excluding tert-OH is 1. The Morgan fingerprint density at radius 3 is 2.44 bits per heavy atom. The number of likely N-dealkylation sites (N-methyl/N-ethyl adjacent to an activating group) is 1. The molecule has 274 valence electrons. The lowest BCUT2D eigenvalue weighted by molar-refractivity contribution is -0.143. The largest absolute Gasteiger partial charge is 0.480 e. The second kappa shape index (κ2) is 18.5. The third-order valence-corrected chi connectivity index (χ3v) is 10.1. The Bertz CT molecular complexity index is 1120. The maximum absolute atomic E-state index is 12.9. The van der Waals surface area contributed by atoms with Gasteiger partial charge in [0.2, 0.25) is 5.91 Å².